The number of amides is 1. The third-order valence-electron chi connectivity index (χ3n) is 4.50. The van der Waals surface area contributed by atoms with E-state index in [4.69, 9.17) is 0 Å². The van der Waals surface area contributed by atoms with Gasteiger partial charge in [-0.15, -0.1) is 0 Å². The van der Waals surface area contributed by atoms with Crippen LogP contribution in [0.5, 0.6) is 0 Å². The molecule has 2 heterocycles. The Morgan fingerprint density at radius 1 is 1.12 bits per heavy atom. The molecule has 0 unspecified atom stereocenters. The van der Waals surface area contributed by atoms with Gasteiger partial charge in [0.25, 0.3) is 0 Å². The SMILES string of the molecule is Cc1csc(=O)n1CCC(=O)N1CCN(S(=O)(=O)c2ccccc2)CC1. The van der Waals surface area contributed by atoms with Crippen LogP contribution in [0.25, 0.3) is 0 Å². The van der Waals surface area contributed by atoms with Crippen molar-refractivity contribution in [3.8, 4) is 0 Å². The van der Waals surface area contributed by atoms with Gasteiger partial charge < -0.3 is 9.47 Å². The summed E-state index contributed by atoms with van der Waals surface area (Å²) in [5.41, 5.74) is 0.853. The summed E-state index contributed by atoms with van der Waals surface area (Å²) >= 11 is 1.13. The first kappa shape index (κ1) is 18.8. The maximum atomic E-state index is 12.6. The molecule has 0 atom stereocenters. The number of sulfonamides is 1. The lowest BCUT2D eigenvalue weighted by atomic mass is 10.3. The minimum absolute atomic E-state index is 0.0562. The van der Waals surface area contributed by atoms with Gasteiger partial charge in [-0.1, -0.05) is 29.5 Å². The van der Waals surface area contributed by atoms with Crippen LogP contribution in [-0.2, 0) is 21.4 Å². The molecule has 0 spiro atoms. The third-order valence-corrected chi connectivity index (χ3v) is 7.29. The zero-order chi connectivity index (χ0) is 18.7. The molecule has 1 aromatic carbocycles. The molecule has 0 radical (unpaired) electrons. The van der Waals surface area contributed by atoms with Gasteiger partial charge in [-0.3, -0.25) is 9.59 Å². The molecule has 140 valence electrons. The molecule has 1 saturated heterocycles. The van der Waals surface area contributed by atoms with Crippen molar-refractivity contribution in [3.63, 3.8) is 0 Å². The van der Waals surface area contributed by atoms with E-state index in [1.54, 1.807) is 45.2 Å². The van der Waals surface area contributed by atoms with Crippen LogP contribution in [0.2, 0.25) is 0 Å². The lowest BCUT2D eigenvalue weighted by Gasteiger charge is -2.34. The van der Waals surface area contributed by atoms with E-state index in [1.165, 1.54) is 4.31 Å². The lowest BCUT2D eigenvalue weighted by molar-refractivity contribution is -0.132. The summed E-state index contributed by atoms with van der Waals surface area (Å²) in [4.78, 5) is 26.0. The van der Waals surface area contributed by atoms with Crippen LogP contribution in [0.3, 0.4) is 0 Å². The minimum Gasteiger partial charge on any atom is -0.340 e. The Morgan fingerprint density at radius 3 is 2.35 bits per heavy atom. The van der Waals surface area contributed by atoms with Gasteiger partial charge in [-0.2, -0.15) is 4.31 Å². The number of piperazine rings is 1. The maximum absolute atomic E-state index is 12.6. The number of carbonyl (C=O) groups excluding carboxylic acids is 1. The van der Waals surface area contributed by atoms with E-state index in [0.29, 0.717) is 19.6 Å². The van der Waals surface area contributed by atoms with Crippen molar-refractivity contribution in [3.05, 3.63) is 51.1 Å². The molecule has 1 fully saturated rings. The molecule has 7 nitrogen and oxygen atoms in total. The average molecular weight is 396 g/mol. The topological polar surface area (TPSA) is 79.7 Å². The summed E-state index contributed by atoms with van der Waals surface area (Å²) in [6.45, 7) is 3.48. The van der Waals surface area contributed by atoms with Gasteiger partial charge in [-0.25, -0.2) is 8.42 Å². The van der Waals surface area contributed by atoms with Crippen LogP contribution in [0.4, 0.5) is 0 Å². The van der Waals surface area contributed by atoms with Gasteiger partial charge in [0.15, 0.2) is 0 Å². The largest absolute Gasteiger partial charge is 0.340 e. The van der Waals surface area contributed by atoms with Crippen LogP contribution >= 0.6 is 11.3 Å². The van der Waals surface area contributed by atoms with Crippen LogP contribution in [0, 0.1) is 6.92 Å². The second-order valence-corrected chi connectivity index (χ2v) is 8.90. The highest BCUT2D eigenvalue weighted by Crippen LogP contribution is 2.17. The number of nitrogens with zero attached hydrogens (tertiary/aromatic N) is 3. The first-order chi connectivity index (χ1) is 12.4. The van der Waals surface area contributed by atoms with Crippen molar-refractivity contribution in [2.75, 3.05) is 26.2 Å². The number of aromatic nitrogens is 1. The van der Waals surface area contributed by atoms with E-state index in [0.717, 1.165) is 17.0 Å². The van der Waals surface area contributed by atoms with Gasteiger partial charge >= 0.3 is 4.87 Å². The zero-order valence-electron chi connectivity index (χ0n) is 14.5. The number of aryl methyl sites for hydroxylation is 1. The fourth-order valence-electron chi connectivity index (χ4n) is 2.96. The van der Waals surface area contributed by atoms with Crippen LogP contribution < -0.4 is 4.87 Å². The van der Waals surface area contributed by atoms with Crippen LogP contribution in [0.15, 0.2) is 45.4 Å². The molecule has 3 rings (SSSR count). The van der Waals surface area contributed by atoms with Crippen molar-refractivity contribution >= 4 is 27.3 Å². The van der Waals surface area contributed by atoms with Crippen LogP contribution in [0.1, 0.15) is 12.1 Å². The highest BCUT2D eigenvalue weighted by molar-refractivity contribution is 7.89. The van der Waals surface area contributed by atoms with E-state index in [9.17, 15) is 18.0 Å². The molecule has 0 N–H and O–H groups in total. The van der Waals surface area contributed by atoms with Crippen molar-refractivity contribution in [2.45, 2.75) is 24.8 Å². The number of benzene rings is 1. The Morgan fingerprint density at radius 2 is 1.77 bits per heavy atom. The molecule has 1 amide bonds. The van der Waals surface area contributed by atoms with Crippen molar-refractivity contribution in [1.82, 2.24) is 13.8 Å². The number of rotatable bonds is 5. The third kappa shape index (κ3) is 3.89. The second-order valence-electron chi connectivity index (χ2n) is 6.14. The summed E-state index contributed by atoms with van der Waals surface area (Å²) in [7, 11) is -3.52. The number of hydrogen-bond acceptors (Lipinski definition) is 5. The summed E-state index contributed by atoms with van der Waals surface area (Å²) in [5.74, 6) is -0.0562. The fourth-order valence-corrected chi connectivity index (χ4v) is 5.16. The van der Waals surface area contributed by atoms with E-state index >= 15 is 0 Å². The molecule has 26 heavy (non-hydrogen) atoms. The molecular formula is C17H21N3O4S2. The second kappa shape index (κ2) is 7.73. The molecular weight excluding hydrogens is 374 g/mol. The van der Waals surface area contributed by atoms with Crippen molar-refractivity contribution in [1.29, 1.82) is 0 Å². The van der Waals surface area contributed by atoms with Gasteiger partial charge in [-0.05, 0) is 19.1 Å². The summed E-state index contributed by atoms with van der Waals surface area (Å²) in [6.07, 6.45) is 0.239. The van der Waals surface area contributed by atoms with E-state index in [-0.39, 0.29) is 35.2 Å². The Bertz CT molecular complexity index is 926. The monoisotopic (exact) mass is 395 g/mol. The minimum atomic E-state index is -3.52. The van der Waals surface area contributed by atoms with Crippen LogP contribution in [-0.4, -0.2) is 54.3 Å². The highest BCUT2D eigenvalue weighted by atomic mass is 32.2. The highest BCUT2D eigenvalue weighted by Gasteiger charge is 2.29. The Balaban J connectivity index is 1.56. The van der Waals surface area contributed by atoms with Gasteiger partial charge in [0, 0.05) is 50.2 Å². The fraction of sp³-hybridized carbons (Fsp3) is 0.412. The molecule has 1 aliphatic heterocycles. The lowest BCUT2D eigenvalue weighted by Crippen LogP contribution is -2.50. The summed E-state index contributed by atoms with van der Waals surface area (Å²) in [5, 5.41) is 1.78. The standard InChI is InChI=1S/C17H21N3O4S2/c1-14-13-25-17(22)20(14)8-7-16(21)18-9-11-19(12-10-18)26(23,24)15-5-3-2-4-6-15/h2-6,13H,7-12H2,1H3. The summed E-state index contributed by atoms with van der Waals surface area (Å²) in [6, 6.07) is 8.32. The maximum Gasteiger partial charge on any atom is 0.307 e. The smallest absolute Gasteiger partial charge is 0.307 e. The Hall–Kier alpha value is -1.97. The molecule has 0 bridgehead atoms. The molecule has 0 aliphatic carbocycles. The number of thiazole rings is 1. The van der Waals surface area contributed by atoms with Gasteiger partial charge in [0.2, 0.25) is 15.9 Å². The molecule has 0 saturated carbocycles. The van der Waals surface area contributed by atoms with Crippen molar-refractivity contribution < 1.29 is 13.2 Å². The molecule has 9 heteroatoms. The number of hydrogen-bond donors (Lipinski definition) is 0. The number of carbonyl (C=O) groups is 1. The van der Waals surface area contributed by atoms with E-state index in [1.807, 2.05) is 6.92 Å². The van der Waals surface area contributed by atoms with Gasteiger partial charge in [0.05, 0.1) is 4.90 Å². The average Bonchev–Trinajstić information content (AvgIpc) is 2.98. The molecule has 1 aliphatic rings. The molecule has 2 aromatic rings. The zero-order valence-corrected chi connectivity index (χ0v) is 16.1. The quantitative estimate of drug-likeness (QED) is 0.761. The van der Waals surface area contributed by atoms with E-state index in [2.05, 4.69) is 0 Å². The summed E-state index contributed by atoms with van der Waals surface area (Å²) < 4.78 is 28.2. The van der Waals surface area contributed by atoms with Crippen molar-refractivity contribution in [2.24, 2.45) is 0 Å². The Labute approximate surface area is 156 Å². The predicted molar refractivity (Wildman–Crippen MR) is 99.7 cm³/mol. The normalized spacial score (nSPS) is 16.0. The van der Waals surface area contributed by atoms with E-state index < -0.39 is 10.0 Å². The first-order valence-corrected chi connectivity index (χ1v) is 10.7. The Kier molecular flexibility index (Phi) is 5.59. The van der Waals surface area contributed by atoms with Gasteiger partial charge in [0.1, 0.15) is 0 Å². The predicted octanol–water partition coefficient (Wildman–Crippen LogP) is 1.14. The molecule has 1 aromatic heterocycles. The first-order valence-electron chi connectivity index (χ1n) is 8.37.